The van der Waals surface area contributed by atoms with Gasteiger partial charge in [0.1, 0.15) is 11.2 Å². The standard InChI is InChI=1S/C48H29NO/c1-2-12-32-28-46-42(27-31(32)11-1)37-26-23-33(29-45(37)50-46)48-40-17-5-3-15-38(40)47(39-16-4-6-18-41(39)48)30-21-24-34(25-22-30)49-43-19-9-7-13-35(43)36-14-8-10-20-44(36)49/h1-29H. The highest BCUT2D eigenvalue weighted by Gasteiger charge is 2.19. The van der Waals surface area contributed by atoms with Gasteiger partial charge in [0.2, 0.25) is 0 Å². The molecule has 0 saturated heterocycles. The maximum absolute atomic E-state index is 6.53. The van der Waals surface area contributed by atoms with E-state index < -0.39 is 0 Å². The molecule has 2 heteroatoms. The van der Waals surface area contributed by atoms with Crippen molar-refractivity contribution in [3.05, 3.63) is 176 Å². The van der Waals surface area contributed by atoms with Gasteiger partial charge in [0.05, 0.1) is 11.0 Å². The summed E-state index contributed by atoms with van der Waals surface area (Å²) >= 11 is 0. The summed E-state index contributed by atoms with van der Waals surface area (Å²) in [7, 11) is 0. The van der Waals surface area contributed by atoms with Crippen molar-refractivity contribution in [1.29, 1.82) is 0 Å². The molecule has 2 heterocycles. The number of hydrogen-bond donors (Lipinski definition) is 0. The Hall–Kier alpha value is -6.64. The Morgan fingerprint density at radius 2 is 0.780 bits per heavy atom. The first-order chi connectivity index (χ1) is 24.8. The van der Waals surface area contributed by atoms with Crippen LogP contribution < -0.4 is 0 Å². The second kappa shape index (κ2) is 10.4. The predicted molar refractivity (Wildman–Crippen MR) is 211 cm³/mol. The molecule has 0 aliphatic rings. The Bertz CT molecular complexity index is 3030. The zero-order chi connectivity index (χ0) is 32.8. The van der Waals surface area contributed by atoms with Crippen LogP contribution in [0.4, 0.5) is 0 Å². The highest BCUT2D eigenvalue weighted by molar-refractivity contribution is 6.22. The predicted octanol–water partition coefficient (Wildman–Crippen LogP) is 13.5. The van der Waals surface area contributed by atoms with E-state index in [4.69, 9.17) is 4.42 Å². The molecule has 0 saturated carbocycles. The van der Waals surface area contributed by atoms with Gasteiger partial charge in [0.25, 0.3) is 0 Å². The van der Waals surface area contributed by atoms with Crippen LogP contribution in [0.15, 0.2) is 180 Å². The van der Waals surface area contributed by atoms with Gasteiger partial charge in [-0.15, -0.1) is 0 Å². The minimum Gasteiger partial charge on any atom is -0.456 e. The summed E-state index contributed by atoms with van der Waals surface area (Å²) in [6.45, 7) is 0. The Balaban J connectivity index is 1.11. The SMILES string of the molecule is c1ccc2cc3c(cc2c1)oc1cc(-c2c4ccccc4c(-c4ccc(-n5c6ccccc6c6ccccc65)cc4)c4ccccc24)ccc13. The van der Waals surface area contributed by atoms with E-state index in [1.54, 1.807) is 0 Å². The van der Waals surface area contributed by atoms with Crippen LogP contribution in [0.1, 0.15) is 0 Å². The maximum atomic E-state index is 6.53. The molecule has 0 bridgehead atoms. The van der Waals surface area contributed by atoms with E-state index in [0.29, 0.717) is 0 Å². The van der Waals surface area contributed by atoms with E-state index in [0.717, 1.165) is 33.2 Å². The number of hydrogen-bond acceptors (Lipinski definition) is 1. The third-order valence-corrected chi connectivity index (χ3v) is 10.6. The molecular weight excluding hydrogens is 607 g/mol. The van der Waals surface area contributed by atoms with Gasteiger partial charge in [-0.25, -0.2) is 0 Å². The highest BCUT2D eigenvalue weighted by atomic mass is 16.3. The van der Waals surface area contributed by atoms with Crippen LogP contribution in [0.5, 0.6) is 0 Å². The maximum Gasteiger partial charge on any atom is 0.136 e. The van der Waals surface area contributed by atoms with Gasteiger partial charge >= 0.3 is 0 Å². The van der Waals surface area contributed by atoms with E-state index in [-0.39, 0.29) is 0 Å². The quantitative estimate of drug-likeness (QED) is 0.177. The number of para-hydroxylation sites is 2. The molecule has 0 unspecified atom stereocenters. The summed E-state index contributed by atoms with van der Waals surface area (Å²) in [4.78, 5) is 0. The van der Waals surface area contributed by atoms with Crippen molar-refractivity contribution in [3.63, 3.8) is 0 Å². The number of aromatic nitrogens is 1. The van der Waals surface area contributed by atoms with Crippen molar-refractivity contribution < 1.29 is 4.42 Å². The molecule has 2 aromatic heterocycles. The molecule has 9 aromatic carbocycles. The van der Waals surface area contributed by atoms with Gasteiger partial charge in [-0.05, 0) is 103 Å². The van der Waals surface area contributed by atoms with E-state index >= 15 is 0 Å². The zero-order valence-electron chi connectivity index (χ0n) is 27.1. The largest absolute Gasteiger partial charge is 0.456 e. The van der Waals surface area contributed by atoms with Gasteiger partial charge in [0.15, 0.2) is 0 Å². The lowest BCUT2D eigenvalue weighted by Crippen LogP contribution is -1.94. The van der Waals surface area contributed by atoms with Crippen LogP contribution in [0.3, 0.4) is 0 Å². The minimum atomic E-state index is 0.908. The molecule has 0 atom stereocenters. The van der Waals surface area contributed by atoms with Gasteiger partial charge < -0.3 is 8.98 Å². The number of fused-ring (bicyclic) bond motifs is 9. The Labute approximate surface area is 288 Å². The summed E-state index contributed by atoms with van der Waals surface area (Å²) in [5.41, 5.74) is 10.3. The number of benzene rings is 9. The Morgan fingerprint density at radius 3 is 1.38 bits per heavy atom. The first-order valence-electron chi connectivity index (χ1n) is 17.2. The molecule has 0 amide bonds. The average Bonchev–Trinajstić information content (AvgIpc) is 3.70. The lowest BCUT2D eigenvalue weighted by Gasteiger charge is -2.18. The minimum absolute atomic E-state index is 0.908. The average molecular weight is 636 g/mol. The summed E-state index contributed by atoms with van der Waals surface area (Å²) < 4.78 is 8.91. The molecule has 0 spiro atoms. The molecule has 0 fully saturated rings. The van der Waals surface area contributed by atoms with Crippen molar-refractivity contribution in [2.45, 2.75) is 0 Å². The van der Waals surface area contributed by atoms with E-state index in [1.165, 1.54) is 70.8 Å². The molecule has 11 rings (SSSR count). The Kier molecular flexibility index (Phi) is 5.70. The zero-order valence-corrected chi connectivity index (χ0v) is 27.1. The molecule has 232 valence electrons. The molecule has 2 nitrogen and oxygen atoms in total. The van der Waals surface area contributed by atoms with Crippen LogP contribution in [0.25, 0.3) is 104 Å². The van der Waals surface area contributed by atoms with Crippen molar-refractivity contribution in [2.24, 2.45) is 0 Å². The molecule has 50 heavy (non-hydrogen) atoms. The summed E-state index contributed by atoms with van der Waals surface area (Å²) in [6, 6.07) is 63.8. The molecule has 11 aromatic rings. The van der Waals surface area contributed by atoms with Crippen molar-refractivity contribution in [2.75, 3.05) is 0 Å². The molecule has 0 aliphatic heterocycles. The first-order valence-corrected chi connectivity index (χ1v) is 17.2. The summed E-state index contributed by atoms with van der Waals surface area (Å²) in [5.74, 6) is 0. The van der Waals surface area contributed by atoms with Crippen molar-refractivity contribution in [3.8, 4) is 27.9 Å². The molecular formula is C48H29NO. The van der Waals surface area contributed by atoms with Gasteiger partial charge in [-0.3, -0.25) is 0 Å². The van der Waals surface area contributed by atoms with Gasteiger partial charge in [-0.1, -0.05) is 127 Å². The van der Waals surface area contributed by atoms with Gasteiger partial charge in [0, 0.05) is 27.2 Å². The topological polar surface area (TPSA) is 18.1 Å². The highest BCUT2D eigenvalue weighted by Crippen LogP contribution is 2.45. The monoisotopic (exact) mass is 635 g/mol. The van der Waals surface area contributed by atoms with Crippen LogP contribution in [-0.2, 0) is 0 Å². The van der Waals surface area contributed by atoms with Crippen LogP contribution in [-0.4, -0.2) is 4.57 Å². The van der Waals surface area contributed by atoms with Crippen LogP contribution in [0, 0.1) is 0 Å². The summed E-state index contributed by atoms with van der Waals surface area (Å²) in [5, 5.41) is 12.2. The molecule has 0 aliphatic carbocycles. The van der Waals surface area contributed by atoms with Gasteiger partial charge in [-0.2, -0.15) is 0 Å². The molecule has 0 N–H and O–H groups in total. The second-order valence-electron chi connectivity index (χ2n) is 13.3. The van der Waals surface area contributed by atoms with E-state index in [2.05, 4.69) is 180 Å². The second-order valence-corrected chi connectivity index (χ2v) is 13.3. The molecule has 0 radical (unpaired) electrons. The smallest absolute Gasteiger partial charge is 0.136 e. The van der Waals surface area contributed by atoms with Crippen molar-refractivity contribution >= 4 is 76.1 Å². The fourth-order valence-electron chi connectivity index (χ4n) is 8.35. The first kappa shape index (κ1) is 27.3. The third-order valence-electron chi connectivity index (χ3n) is 10.6. The lowest BCUT2D eigenvalue weighted by atomic mass is 9.86. The summed E-state index contributed by atoms with van der Waals surface area (Å²) in [6.07, 6.45) is 0. The van der Waals surface area contributed by atoms with E-state index in [1.807, 2.05) is 0 Å². The third kappa shape index (κ3) is 3.90. The van der Waals surface area contributed by atoms with Crippen LogP contribution >= 0.6 is 0 Å². The van der Waals surface area contributed by atoms with Crippen molar-refractivity contribution in [1.82, 2.24) is 4.57 Å². The number of rotatable bonds is 3. The lowest BCUT2D eigenvalue weighted by molar-refractivity contribution is 0.669. The Morgan fingerprint density at radius 1 is 0.320 bits per heavy atom. The van der Waals surface area contributed by atoms with E-state index in [9.17, 15) is 0 Å². The fraction of sp³-hybridized carbons (Fsp3) is 0. The fourth-order valence-corrected chi connectivity index (χ4v) is 8.35. The normalized spacial score (nSPS) is 12.0. The number of furan rings is 1. The van der Waals surface area contributed by atoms with Crippen LogP contribution in [0.2, 0.25) is 0 Å². The number of nitrogens with zero attached hydrogens (tertiary/aromatic N) is 1.